The van der Waals surface area contributed by atoms with Gasteiger partial charge < -0.3 is 5.32 Å². The van der Waals surface area contributed by atoms with E-state index in [0.717, 1.165) is 4.31 Å². The average Bonchev–Trinajstić information content (AvgIpc) is 2.95. The molecule has 0 aliphatic rings. The summed E-state index contributed by atoms with van der Waals surface area (Å²) < 4.78 is 26.8. The molecule has 23 heavy (non-hydrogen) atoms. The molecule has 0 aliphatic carbocycles. The van der Waals surface area contributed by atoms with Crippen LogP contribution in [0.25, 0.3) is 0 Å². The zero-order chi connectivity index (χ0) is 17.2. The van der Waals surface area contributed by atoms with Crippen molar-refractivity contribution in [2.24, 2.45) is 0 Å². The Labute approximate surface area is 136 Å². The van der Waals surface area contributed by atoms with Gasteiger partial charge in [0.15, 0.2) is 0 Å². The number of hydrogen-bond acceptors (Lipinski definition) is 4. The molecule has 2 rings (SSSR count). The highest BCUT2D eigenvalue weighted by Gasteiger charge is 2.18. The number of hydrogen-bond donors (Lipinski definition) is 1. The van der Waals surface area contributed by atoms with Crippen molar-refractivity contribution >= 4 is 21.7 Å². The molecule has 0 unspecified atom stereocenters. The molecule has 2 aromatic rings. The summed E-state index contributed by atoms with van der Waals surface area (Å²) in [6.45, 7) is 3.92. The fourth-order valence-electron chi connectivity index (χ4n) is 2.00. The van der Waals surface area contributed by atoms with Crippen molar-refractivity contribution in [3.63, 3.8) is 0 Å². The quantitative estimate of drug-likeness (QED) is 0.904. The lowest BCUT2D eigenvalue weighted by Crippen LogP contribution is -2.22. The van der Waals surface area contributed by atoms with Crippen molar-refractivity contribution in [2.45, 2.75) is 24.8 Å². The molecule has 1 N–H and O–H groups in total. The highest BCUT2D eigenvalue weighted by Crippen LogP contribution is 2.17. The Hall–Kier alpha value is -2.19. The van der Waals surface area contributed by atoms with Gasteiger partial charge in [-0.3, -0.25) is 4.79 Å². The van der Waals surface area contributed by atoms with E-state index in [1.165, 1.54) is 38.4 Å². The molecule has 0 saturated carbocycles. The molecule has 0 spiro atoms. The fourth-order valence-corrected chi connectivity index (χ4v) is 2.90. The third-order valence-electron chi connectivity index (χ3n) is 3.30. The average molecular weight is 336 g/mol. The minimum Gasteiger partial charge on any atom is -0.307 e. The fraction of sp³-hybridized carbons (Fsp3) is 0.333. The van der Waals surface area contributed by atoms with Crippen LogP contribution in [0.1, 0.15) is 30.2 Å². The van der Waals surface area contributed by atoms with E-state index in [1.54, 1.807) is 16.9 Å². The number of carbonyl (C=O) groups is 1. The van der Waals surface area contributed by atoms with Gasteiger partial charge in [-0.1, -0.05) is 0 Å². The Balaban J connectivity index is 2.20. The zero-order valence-electron chi connectivity index (χ0n) is 13.5. The van der Waals surface area contributed by atoms with Gasteiger partial charge in [-0.2, -0.15) is 5.10 Å². The van der Waals surface area contributed by atoms with Crippen LogP contribution in [0.2, 0.25) is 0 Å². The number of aromatic nitrogens is 2. The van der Waals surface area contributed by atoms with Gasteiger partial charge in [0, 0.05) is 31.8 Å². The minimum atomic E-state index is -3.50. The lowest BCUT2D eigenvalue weighted by Gasteiger charge is -2.13. The van der Waals surface area contributed by atoms with Crippen molar-refractivity contribution in [3.05, 3.63) is 42.1 Å². The van der Waals surface area contributed by atoms with Crippen molar-refractivity contribution in [1.82, 2.24) is 14.1 Å². The molecule has 1 amide bonds. The van der Waals surface area contributed by atoms with E-state index < -0.39 is 10.0 Å². The third kappa shape index (κ3) is 3.59. The molecular weight excluding hydrogens is 316 g/mol. The Kier molecular flexibility index (Phi) is 4.86. The molecule has 0 fully saturated rings. The normalized spacial score (nSPS) is 11.9. The topological polar surface area (TPSA) is 84.3 Å². The lowest BCUT2D eigenvalue weighted by molar-refractivity contribution is 0.102. The predicted octanol–water partition coefficient (Wildman–Crippen LogP) is 1.97. The van der Waals surface area contributed by atoms with E-state index in [4.69, 9.17) is 0 Å². The van der Waals surface area contributed by atoms with Crippen LogP contribution in [0.15, 0.2) is 41.4 Å². The summed E-state index contributed by atoms with van der Waals surface area (Å²) in [5.74, 6) is 0.274. The van der Waals surface area contributed by atoms with Crippen molar-refractivity contribution in [2.75, 3.05) is 19.4 Å². The minimum absolute atomic E-state index is 0.118. The molecular formula is C15H20N4O3S. The van der Waals surface area contributed by atoms with Crippen LogP contribution in [-0.2, 0) is 10.0 Å². The largest absolute Gasteiger partial charge is 0.307 e. The predicted molar refractivity (Wildman–Crippen MR) is 87.9 cm³/mol. The summed E-state index contributed by atoms with van der Waals surface area (Å²) in [6.07, 6.45) is 1.61. The van der Waals surface area contributed by atoms with Gasteiger partial charge in [-0.25, -0.2) is 17.4 Å². The maximum atomic E-state index is 12.3. The Morgan fingerprint density at radius 1 is 1.17 bits per heavy atom. The van der Waals surface area contributed by atoms with E-state index in [-0.39, 0.29) is 16.8 Å². The lowest BCUT2D eigenvalue weighted by atomic mass is 10.2. The summed E-state index contributed by atoms with van der Waals surface area (Å²) >= 11 is 0. The summed E-state index contributed by atoms with van der Waals surface area (Å²) in [6, 6.07) is 7.65. The highest BCUT2D eigenvalue weighted by atomic mass is 32.2. The summed E-state index contributed by atoms with van der Waals surface area (Å²) in [5.41, 5.74) is 0.374. The van der Waals surface area contributed by atoms with E-state index in [9.17, 15) is 13.2 Å². The van der Waals surface area contributed by atoms with E-state index in [1.807, 2.05) is 13.8 Å². The molecule has 124 valence electrons. The number of anilines is 1. The number of nitrogens with zero attached hydrogens (tertiary/aromatic N) is 3. The van der Waals surface area contributed by atoms with Gasteiger partial charge in [0.05, 0.1) is 11.1 Å². The van der Waals surface area contributed by atoms with Gasteiger partial charge in [-0.05, 0) is 38.1 Å². The number of benzene rings is 1. The molecule has 0 bridgehead atoms. The van der Waals surface area contributed by atoms with E-state index in [0.29, 0.717) is 11.4 Å². The molecule has 1 heterocycles. The van der Waals surface area contributed by atoms with Crippen LogP contribution < -0.4 is 5.32 Å². The number of rotatable bonds is 5. The van der Waals surface area contributed by atoms with Gasteiger partial charge >= 0.3 is 0 Å². The van der Waals surface area contributed by atoms with Crippen LogP contribution in [0, 0.1) is 0 Å². The summed E-state index contributed by atoms with van der Waals surface area (Å²) in [5, 5.41) is 6.92. The van der Waals surface area contributed by atoms with Crippen LogP contribution in [0.3, 0.4) is 0 Å². The molecule has 0 aliphatic heterocycles. The van der Waals surface area contributed by atoms with Crippen LogP contribution in [0.5, 0.6) is 0 Å². The van der Waals surface area contributed by atoms with Crippen LogP contribution in [-0.4, -0.2) is 42.5 Å². The maximum absolute atomic E-state index is 12.3. The first-order chi connectivity index (χ1) is 10.7. The standard InChI is InChI=1S/C15H20N4O3S/c1-11(2)19-14(9-10-16-19)17-15(20)12-5-7-13(8-6-12)23(21,22)18(3)4/h5-11H,1-4H3,(H,17,20). The smallest absolute Gasteiger partial charge is 0.256 e. The second-order valence-electron chi connectivity index (χ2n) is 5.52. The van der Waals surface area contributed by atoms with Gasteiger partial charge in [0.2, 0.25) is 10.0 Å². The number of sulfonamides is 1. The molecule has 0 atom stereocenters. The van der Waals surface area contributed by atoms with Gasteiger partial charge in [-0.15, -0.1) is 0 Å². The molecule has 7 nitrogen and oxygen atoms in total. The van der Waals surface area contributed by atoms with E-state index >= 15 is 0 Å². The second-order valence-corrected chi connectivity index (χ2v) is 7.67. The second kappa shape index (κ2) is 6.51. The first kappa shape index (κ1) is 17.2. The first-order valence-corrected chi connectivity index (χ1v) is 8.55. The molecule has 1 aromatic carbocycles. The van der Waals surface area contributed by atoms with Crippen LogP contribution >= 0.6 is 0 Å². The van der Waals surface area contributed by atoms with Crippen LogP contribution in [0.4, 0.5) is 5.82 Å². The maximum Gasteiger partial charge on any atom is 0.256 e. The Morgan fingerprint density at radius 2 is 1.78 bits per heavy atom. The first-order valence-electron chi connectivity index (χ1n) is 7.11. The van der Waals surface area contributed by atoms with Gasteiger partial charge in [0.25, 0.3) is 5.91 Å². The molecule has 0 radical (unpaired) electrons. The Bertz CT molecular complexity index is 792. The number of amides is 1. The zero-order valence-corrected chi connectivity index (χ0v) is 14.3. The number of nitrogens with one attached hydrogen (secondary N) is 1. The molecule has 1 aromatic heterocycles. The SMILES string of the molecule is CC(C)n1nccc1NC(=O)c1ccc(S(=O)(=O)N(C)C)cc1. The molecule has 8 heteroatoms. The van der Waals surface area contributed by atoms with Gasteiger partial charge in [0.1, 0.15) is 5.82 Å². The van der Waals surface area contributed by atoms with Crippen molar-refractivity contribution in [3.8, 4) is 0 Å². The number of carbonyl (C=O) groups excluding carboxylic acids is 1. The summed E-state index contributed by atoms with van der Waals surface area (Å²) in [7, 11) is -0.577. The highest BCUT2D eigenvalue weighted by molar-refractivity contribution is 7.89. The summed E-state index contributed by atoms with van der Waals surface area (Å²) in [4.78, 5) is 12.4. The van der Waals surface area contributed by atoms with E-state index in [2.05, 4.69) is 10.4 Å². The Morgan fingerprint density at radius 3 is 2.30 bits per heavy atom. The monoisotopic (exact) mass is 336 g/mol. The van der Waals surface area contributed by atoms with Crippen molar-refractivity contribution in [1.29, 1.82) is 0 Å². The third-order valence-corrected chi connectivity index (χ3v) is 5.13. The molecule has 0 saturated heterocycles. The van der Waals surface area contributed by atoms with Crippen molar-refractivity contribution < 1.29 is 13.2 Å².